The fourth-order valence-electron chi connectivity index (χ4n) is 7.51. The first-order valence-electron chi connectivity index (χ1n) is 15.8. The van der Waals surface area contributed by atoms with Gasteiger partial charge in [0, 0.05) is 28.6 Å². The topological polar surface area (TPSA) is 61.4 Å². The summed E-state index contributed by atoms with van der Waals surface area (Å²) in [6, 6.07) is 12.6. The smallest absolute Gasteiger partial charge is 0.138 e. The van der Waals surface area contributed by atoms with Crippen molar-refractivity contribution in [3.05, 3.63) is 83.2 Å². The Morgan fingerprint density at radius 3 is 1.44 bits per heavy atom. The van der Waals surface area contributed by atoms with E-state index in [-0.39, 0.29) is 5.41 Å². The first-order chi connectivity index (χ1) is 19.8. The molecule has 0 saturated heterocycles. The fraction of sp³-hybridized carbons (Fsp3) is 0.543. The predicted octanol–water partition coefficient (Wildman–Crippen LogP) is 8.38. The van der Waals surface area contributed by atoms with E-state index in [1.165, 1.54) is 74.1 Å². The van der Waals surface area contributed by atoms with E-state index >= 15 is 0 Å². The van der Waals surface area contributed by atoms with Crippen molar-refractivity contribution in [2.75, 3.05) is 0 Å². The van der Waals surface area contributed by atoms with Crippen LogP contribution in [0, 0.1) is 25.7 Å². The molecule has 41 heavy (non-hydrogen) atoms. The molecule has 0 radical (unpaired) electrons. The Labute approximate surface area is 245 Å². The quantitative estimate of drug-likeness (QED) is 0.221. The lowest BCUT2D eigenvalue weighted by Crippen LogP contribution is -2.23. The van der Waals surface area contributed by atoms with Crippen LogP contribution in [0.1, 0.15) is 125 Å². The summed E-state index contributed by atoms with van der Waals surface area (Å²) in [5, 5.41) is 0. The SMILES string of the molecule is Cc1c(C(C)C2CCCC2)ncn1-c1cccc(C(C)(C)c2cccc(-n3cnc(C(C)C4CCCC4)c3C)n2)n1. The van der Waals surface area contributed by atoms with Gasteiger partial charge in [0.15, 0.2) is 0 Å². The normalized spacial score (nSPS) is 18.3. The summed E-state index contributed by atoms with van der Waals surface area (Å²) < 4.78 is 4.32. The zero-order valence-corrected chi connectivity index (χ0v) is 25.8. The van der Waals surface area contributed by atoms with Crippen molar-refractivity contribution in [3.8, 4) is 11.6 Å². The highest BCUT2D eigenvalue weighted by Crippen LogP contribution is 2.39. The molecule has 0 aliphatic heterocycles. The molecule has 2 atom stereocenters. The van der Waals surface area contributed by atoms with Gasteiger partial charge in [-0.2, -0.15) is 0 Å². The Morgan fingerprint density at radius 1 is 0.659 bits per heavy atom. The van der Waals surface area contributed by atoms with E-state index in [0.717, 1.165) is 34.9 Å². The number of hydrogen-bond donors (Lipinski definition) is 0. The molecule has 0 aromatic carbocycles. The lowest BCUT2D eigenvalue weighted by molar-refractivity contribution is 0.452. The van der Waals surface area contributed by atoms with Crippen LogP contribution in [0.2, 0.25) is 0 Å². The molecule has 0 N–H and O–H groups in total. The minimum Gasteiger partial charge on any atom is -0.287 e. The number of pyridine rings is 2. The van der Waals surface area contributed by atoms with Gasteiger partial charge in [0.1, 0.15) is 24.3 Å². The molecule has 6 rings (SSSR count). The van der Waals surface area contributed by atoms with Gasteiger partial charge in [0.25, 0.3) is 0 Å². The molecule has 4 aromatic heterocycles. The molecule has 2 unspecified atom stereocenters. The van der Waals surface area contributed by atoms with Crippen molar-refractivity contribution in [1.29, 1.82) is 0 Å². The molecule has 4 heterocycles. The first-order valence-corrected chi connectivity index (χ1v) is 15.8. The molecular formula is C35H46N6. The van der Waals surface area contributed by atoms with Gasteiger partial charge in [-0.25, -0.2) is 19.9 Å². The van der Waals surface area contributed by atoms with Gasteiger partial charge in [0.05, 0.1) is 22.8 Å². The van der Waals surface area contributed by atoms with Gasteiger partial charge in [-0.15, -0.1) is 0 Å². The highest BCUT2D eigenvalue weighted by molar-refractivity contribution is 5.38. The molecule has 6 heteroatoms. The van der Waals surface area contributed by atoms with Crippen LogP contribution < -0.4 is 0 Å². The van der Waals surface area contributed by atoms with E-state index in [1.54, 1.807) is 0 Å². The van der Waals surface area contributed by atoms with E-state index in [1.807, 2.05) is 12.7 Å². The lowest BCUT2D eigenvalue weighted by atomic mass is 9.84. The minimum atomic E-state index is -0.380. The van der Waals surface area contributed by atoms with Crippen LogP contribution in [0.5, 0.6) is 0 Å². The highest BCUT2D eigenvalue weighted by Gasteiger charge is 2.30. The molecule has 2 saturated carbocycles. The van der Waals surface area contributed by atoms with E-state index in [4.69, 9.17) is 19.9 Å². The molecule has 2 aliphatic rings. The summed E-state index contributed by atoms with van der Waals surface area (Å²) in [5.74, 6) is 4.29. The van der Waals surface area contributed by atoms with Crippen molar-refractivity contribution in [2.45, 2.75) is 110 Å². The average molecular weight is 551 g/mol. The average Bonchev–Trinajstić information content (AvgIpc) is 3.80. The van der Waals surface area contributed by atoms with Crippen LogP contribution >= 0.6 is 0 Å². The summed E-state index contributed by atoms with van der Waals surface area (Å²) >= 11 is 0. The zero-order chi connectivity index (χ0) is 28.7. The summed E-state index contributed by atoms with van der Waals surface area (Å²) in [7, 11) is 0. The fourth-order valence-corrected chi connectivity index (χ4v) is 7.51. The zero-order valence-electron chi connectivity index (χ0n) is 25.8. The van der Waals surface area contributed by atoms with E-state index < -0.39 is 0 Å². The molecule has 0 spiro atoms. The van der Waals surface area contributed by atoms with Gasteiger partial charge in [-0.1, -0.05) is 51.7 Å². The second kappa shape index (κ2) is 11.2. The Bertz CT molecular complexity index is 1390. The summed E-state index contributed by atoms with van der Waals surface area (Å²) in [6.45, 7) is 13.5. The van der Waals surface area contributed by atoms with Crippen molar-refractivity contribution in [3.63, 3.8) is 0 Å². The van der Waals surface area contributed by atoms with Gasteiger partial charge in [-0.05, 0) is 89.5 Å². The third-order valence-electron chi connectivity index (χ3n) is 10.4. The van der Waals surface area contributed by atoms with Crippen molar-refractivity contribution in [1.82, 2.24) is 29.1 Å². The minimum absolute atomic E-state index is 0.380. The van der Waals surface area contributed by atoms with Crippen LogP contribution in [0.3, 0.4) is 0 Å². The predicted molar refractivity (Wildman–Crippen MR) is 165 cm³/mol. The second-order valence-corrected chi connectivity index (χ2v) is 13.2. The summed E-state index contributed by atoms with van der Waals surface area (Å²) in [6.07, 6.45) is 14.6. The standard InChI is InChI=1S/C35H46N6/c1-23(27-13-7-8-14-27)33-25(3)40(21-36-33)31-19-11-17-29(38-31)35(5,6)30-18-12-20-32(39-30)41-22-37-34(26(41)4)24(2)28-15-9-10-16-28/h11-12,17-24,27-28H,7-10,13-16H2,1-6H3. The van der Waals surface area contributed by atoms with Gasteiger partial charge >= 0.3 is 0 Å². The molecule has 4 aromatic rings. The Morgan fingerprint density at radius 2 is 1.05 bits per heavy atom. The van der Waals surface area contributed by atoms with E-state index in [0.29, 0.717) is 11.8 Å². The van der Waals surface area contributed by atoms with Crippen LogP contribution in [0.25, 0.3) is 11.6 Å². The first kappa shape index (κ1) is 27.9. The monoisotopic (exact) mass is 550 g/mol. The number of imidazole rings is 2. The maximum Gasteiger partial charge on any atom is 0.138 e. The molecule has 216 valence electrons. The summed E-state index contributed by atoms with van der Waals surface area (Å²) in [5.41, 5.74) is 6.45. The Kier molecular flexibility index (Phi) is 7.60. The maximum absolute atomic E-state index is 5.18. The molecular weight excluding hydrogens is 504 g/mol. The third-order valence-corrected chi connectivity index (χ3v) is 10.4. The van der Waals surface area contributed by atoms with Gasteiger partial charge in [0.2, 0.25) is 0 Å². The van der Waals surface area contributed by atoms with Crippen molar-refractivity contribution >= 4 is 0 Å². The molecule has 0 amide bonds. The molecule has 2 aliphatic carbocycles. The number of rotatable bonds is 8. The van der Waals surface area contributed by atoms with Crippen LogP contribution in [0.15, 0.2) is 49.1 Å². The van der Waals surface area contributed by atoms with E-state index in [9.17, 15) is 0 Å². The Balaban J connectivity index is 1.28. The van der Waals surface area contributed by atoms with Crippen molar-refractivity contribution in [2.24, 2.45) is 11.8 Å². The molecule has 0 bridgehead atoms. The highest BCUT2D eigenvalue weighted by atomic mass is 15.1. The lowest BCUT2D eigenvalue weighted by Gasteiger charge is -2.25. The second-order valence-electron chi connectivity index (χ2n) is 13.2. The van der Waals surface area contributed by atoms with Crippen LogP contribution in [0.4, 0.5) is 0 Å². The Hall–Kier alpha value is -3.28. The van der Waals surface area contributed by atoms with E-state index in [2.05, 4.69) is 87.1 Å². The maximum atomic E-state index is 5.18. The number of hydrogen-bond acceptors (Lipinski definition) is 4. The molecule has 6 nitrogen and oxygen atoms in total. The third kappa shape index (κ3) is 5.15. The number of nitrogens with zero attached hydrogens (tertiary/aromatic N) is 6. The largest absolute Gasteiger partial charge is 0.287 e. The number of aromatic nitrogens is 6. The van der Waals surface area contributed by atoms with Crippen LogP contribution in [-0.2, 0) is 5.41 Å². The van der Waals surface area contributed by atoms with Crippen LogP contribution in [-0.4, -0.2) is 29.1 Å². The van der Waals surface area contributed by atoms with Crippen molar-refractivity contribution < 1.29 is 0 Å². The molecule has 2 fully saturated rings. The summed E-state index contributed by atoms with van der Waals surface area (Å²) in [4.78, 5) is 20.1. The van der Waals surface area contributed by atoms with Gasteiger partial charge in [-0.3, -0.25) is 9.13 Å². The van der Waals surface area contributed by atoms with Gasteiger partial charge < -0.3 is 0 Å².